The maximum absolute atomic E-state index is 6.32. The molecule has 1 heterocycles. The fourth-order valence-electron chi connectivity index (χ4n) is 2.26. The zero-order valence-corrected chi connectivity index (χ0v) is 15.5. The highest BCUT2D eigenvalue weighted by molar-refractivity contribution is 9.11. The second-order valence-electron chi connectivity index (χ2n) is 4.69. The summed E-state index contributed by atoms with van der Waals surface area (Å²) < 4.78 is 3.85. The lowest BCUT2D eigenvalue weighted by Gasteiger charge is -2.18. The lowest BCUT2D eigenvalue weighted by atomic mass is 9.99. The summed E-state index contributed by atoms with van der Waals surface area (Å²) in [4.78, 5) is 0. The number of hydrogen-bond donors (Lipinski definition) is 1. The molecule has 1 atom stereocenters. The molecular formula is C14H16Br2ClN3. The van der Waals surface area contributed by atoms with Crippen LogP contribution < -0.4 is 5.32 Å². The Morgan fingerprint density at radius 3 is 2.60 bits per heavy atom. The highest BCUT2D eigenvalue weighted by Crippen LogP contribution is 2.31. The third-order valence-electron chi connectivity index (χ3n) is 3.36. The van der Waals surface area contributed by atoms with Gasteiger partial charge in [0, 0.05) is 27.6 Å². The number of benzene rings is 1. The third kappa shape index (κ3) is 3.27. The van der Waals surface area contributed by atoms with Crippen LogP contribution in [0.5, 0.6) is 0 Å². The topological polar surface area (TPSA) is 29.9 Å². The van der Waals surface area contributed by atoms with E-state index < -0.39 is 0 Å². The molecule has 3 nitrogen and oxygen atoms in total. The van der Waals surface area contributed by atoms with Crippen LogP contribution in [0.1, 0.15) is 22.9 Å². The molecule has 0 aliphatic heterocycles. The smallest absolute Gasteiger partial charge is 0.130 e. The van der Waals surface area contributed by atoms with E-state index in [1.54, 1.807) is 4.68 Å². The molecule has 1 N–H and O–H groups in total. The maximum atomic E-state index is 6.32. The summed E-state index contributed by atoms with van der Waals surface area (Å²) in [5.41, 5.74) is 3.27. The van der Waals surface area contributed by atoms with Gasteiger partial charge in [-0.05, 0) is 38.1 Å². The fourth-order valence-corrected chi connectivity index (χ4v) is 3.84. The molecule has 1 aromatic carbocycles. The Balaban J connectivity index is 2.33. The van der Waals surface area contributed by atoms with Gasteiger partial charge in [-0.1, -0.05) is 49.5 Å². The number of likely N-dealkylation sites (N-methyl/N-ethyl adjacent to an activating group) is 1. The summed E-state index contributed by atoms with van der Waals surface area (Å²) in [6.07, 6.45) is 0.801. The van der Waals surface area contributed by atoms with E-state index in [2.05, 4.69) is 54.4 Å². The minimum atomic E-state index is 0.179. The van der Waals surface area contributed by atoms with Gasteiger partial charge < -0.3 is 5.32 Å². The van der Waals surface area contributed by atoms with E-state index in [1.807, 2.05) is 27.1 Å². The lowest BCUT2D eigenvalue weighted by Crippen LogP contribution is -2.19. The monoisotopic (exact) mass is 419 g/mol. The first-order valence-corrected chi connectivity index (χ1v) is 8.20. The van der Waals surface area contributed by atoms with Crippen molar-refractivity contribution in [2.75, 3.05) is 7.05 Å². The van der Waals surface area contributed by atoms with Crippen LogP contribution in [0.4, 0.5) is 0 Å². The molecule has 0 spiro atoms. The van der Waals surface area contributed by atoms with Gasteiger partial charge >= 0.3 is 0 Å². The van der Waals surface area contributed by atoms with Crippen molar-refractivity contribution >= 4 is 43.5 Å². The standard InChI is InChI=1S/C14H16Br2ClN3/c1-8-11(14(17)20(3)19-8)7-13(18-2)10-5-4-9(15)6-12(10)16/h4-6,13,18H,7H2,1-3H3. The molecule has 1 unspecified atom stereocenters. The quantitative estimate of drug-likeness (QED) is 0.793. The summed E-state index contributed by atoms with van der Waals surface area (Å²) in [6, 6.07) is 6.38. The van der Waals surface area contributed by atoms with E-state index >= 15 is 0 Å². The van der Waals surface area contributed by atoms with Gasteiger partial charge in [-0.3, -0.25) is 4.68 Å². The average molecular weight is 422 g/mol. The van der Waals surface area contributed by atoms with Crippen LogP contribution in [0.2, 0.25) is 5.15 Å². The summed E-state index contributed by atoms with van der Waals surface area (Å²) in [5.74, 6) is 0. The first-order chi connectivity index (χ1) is 9.43. The van der Waals surface area contributed by atoms with Crippen molar-refractivity contribution in [3.8, 4) is 0 Å². The number of aromatic nitrogens is 2. The first kappa shape index (κ1) is 16.0. The van der Waals surface area contributed by atoms with E-state index in [0.29, 0.717) is 5.15 Å². The third-order valence-corrected chi connectivity index (χ3v) is 5.02. The molecule has 0 aliphatic carbocycles. The first-order valence-electron chi connectivity index (χ1n) is 6.24. The molecule has 0 amide bonds. The Bertz CT molecular complexity index is 625. The maximum Gasteiger partial charge on any atom is 0.130 e. The zero-order chi connectivity index (χ0) is 14.9. The van der Waals surface area contributed by atoms with Gasteiger partial charge in [0.05, 0.1) is 5.69 Å². The van der Waals surface area contributed by atoms with Crippen LogP contribution >= 0.6 is 43.5 Å². The minimum Gasteiger partial charge on any atom is -0.313 e. The Kier molecular flexibility index (Phi) is 5.29. The SMILES string of the molecule is CNC(Cc1c(C)nn(C)c1Cl)c1ccc(Br)cc1Br. The molecule has 20 heavy (non-hydrogen) atoms. The molecule has 0 aliphatic rings. The molecule has 0 bridgehead atoms. The summed E-state index contributed by atoms with van der Waals surface area (Å²) in [7, 11) is 3.82. The van der Waals surface area contributed by atoms with Crippen LogP contribution in [0.15, 0.2) is 27.1 Å². The highest BCUT2D eigenvalue weighted by atomic mass is 79.9. The molecule has 0 radical (unpaired) electrons. The van der Waals surface area contributed by atoms with Gasteiger partial charge in [0.15, 0.2) is 0 Å². The van der Waals surface area contributed by atoms with Crippen molar-refractivity contribution < 1.29 is 0 Å². The Morgan fingerprint density at radius 1 is 1.40 bits per heavy atom. The number of nitrogens with zero attached hydrogens (tertiary/aromatic N) is 2. The normalized spacial score (nSPS) is 12.7. The molecule has 2 rings (SSSR count). The van der Waals surface area contributed by atoms with Crippen LogP contribution in [0, 0.1) is 6.92 Å². The average Bonchev–Trinajstić information content (AvgIpc) is 2.62. The second kappa shape index (κ2) is 6.60. The molecule has 0 fully saturated rings. The molecule has 0 saturated carbocycles. The zero-order valence-electron chi connectivity index (χ0n) is 11.5. The van der Waals surface area contributed by atoms with E-state index in [9.17, 15) is 0 Å². The Morgan fingerprint density at radius 2 is 2.10 bits per heavy atom. The van der Waals surface area contributed by atoms with Crippen LogP contribution in [0.25, 0.3) is 0 Å². The van der Waals surface area contributed by atoms with Gasteiger partial charge in [0.2, 0.25) is 0 Å². The van der Waals surface area contributed by atoms with Crippen molar-refractivity contribution in [1.29, 1.82) is 0 Å². The largest absolute Gasteiger partial charge is 0.313 e. The minimum absolute atomic E-state index is 0.179. The van der Waals surface area contributed by atoms with Crippen LogP contribution in [-0.2, 0) is 13.5 Å². The molecule has 1 aromatic heterocycles. The number of nitrogens with one attached hydrogen (secondary N) is 1. The van der Waals surface area contributed by atoms with Crippen LogP contribution in [0.3, 0.4) is 0 Å². The van der Waals surface area contributed by atoms with E-state index in [0.717, 1.165) is 26.6 Å². The summed E-state index contributed by atoms with van der Waals surface area (Å²) >= 11 is 13.4. The fraction of sp³-hybridized carbons (Fsp3) is 0.357. The molecular weight excluding hydrogens is 405 g/mol. The lowest BCUT2D eigenvalue weighted by molar-refractivity contribution is 0.588. The van der Waals surface area contributed by atoms with Gasteiger partial charge in [-0.15, -0.1) is 0 Å². The molecule has 108 valence electrons. The predicted molar refractivity (Wildman–Crippen MR) is 90.3 cm³/mol. The summed E-state index contributed by atoms with van der Waals surface area (Å²) in [6.45, 7) is 1.99. The Labute approximate surface area is 141 Å². The number of halogens is 3. The number of aryl methyl sites for hydroxylation is 2. The number of rotatable bonds is 4. The molecule has 2 aromatic rings. The second-order valence-corrected chi connectivity index (χ2v) is 6.82. The van der Waals surface area contributed by atoms with Gasteiger partial charge in [-0.2, -0.15) is 5.10 Å². The van der Waals surface area contributed by atoms with Gasteiger partial charge in [0.1, 0.15) is 5.15 Å². The summed E-state index contributed by atoms with van der Waals surface area (Å²) in [5, 5.41) is 8.42. The molecule has 6 heteroatoms. The van der Waals surface area contributed by atoms with Crippen molar-refractivity contribution in [3.63, 3.8) is 0 Å². The van der Waals surface area contributed by atoms with Crippen LogP contribution in [-0.4, -0.2) is 16.8 Å². The Hall–Kier alpha value is -0.360. The van der Waals surface area contributed by atoms with E-state index in [1.165, 1.54) is 5.56 Å². The van der Waals surface area contributed by atoms with Crippen molar-refractivity contribution in [1.82, 2.24) is 15.1 Å². The van der Waals surface area contributed by atoms with Crippen molar-refractivity contribution in [3.05, 3.63) is 49.1 Å². The van der Waals surface area contributed by atoms with Crippen molar-refractivity contribution in [2.24, 2.45) is 7.05 Å². The van der Waals surface area contributed by atoms with Crippen molar-refractivity contribution in [2.45, 2.75) is 19.4 Å². The molecule has 0 saturated heterocycles. The van der Waals surface area contributed by atoms with E-state index in [4.69, 9.17) is 11.6 Å². The van der Waals surface area contributed by atoms with E-state index in [-0.39, 0.29) is 6.04 Å². The number of hydrogen-bond acceptors (Lipinski definition) is 2. The predicted octanol–water partition coefficient (Wildman–Crippen LogP) is 4.41. The highest BCUT2D eigenvalue weighted by Gasteiger charge is 2.19. The van der Waals surface area contributed by atoms with Gasteiger partial charge in [0.25, 0.3) is 0 Å². The van der Waals surface area contributed by atoms with Gasteiger partial charge in [-0.25, -0.2) is 0 Å².